The van der Waals surface area contributed by atoms with E-state index in [0.717, 1.165) is 24.4 Å². The molecule has 118 valence electrons. The van der Waals surface area contributed by atoms with Crippen LogP contribution in [-0.4, -0.2) is 43.7 Å². The van der Waals surface area contributed by atoms with E-state index in [1.54, 1.807) is 0 Å². The van der Waals surface area contributed by atoms with Crippen molar-refractivity contribution < 1.29 is 9.53 Å². The first kappa shape index (κ1) is 17.3. The Morgan fingerprint density at radius 2 is 1.95 bits per heavy atom. The second kappa shape index (κ2) is 9.23. The van der Waals surface area contributed by atoms with Gasteiger partial charge in [-0.05, 0) is 51.6 Å². The number of ether oxygens (including phenoxy) is 1. The number of rotatable bonds is 8. The first-order valence-electron chi connectivity index (χ1n) is 7.54. The highest BCUT2D eigenvalue weighted by Crippen LogP contribution is 2.15. The normalized spacial score (nSPS) is 12.0. The number of nitrogens with one attached hydrogen (secondary N) is 2. The molecule has 0 aromatic heterocycles. The van der Waals surface area contributed by atoms with Crippen LogP contribution in [-0.2, 0) is 0 Å². The fourth-order valence-corrected chi connectivity index (χ4v) is 1.85. The quantitative estimate of drug-likeness (QED) is 0.775. The van der Waals surface area contributed by atoms with Crippen LogP contribution in [0.25, 0.3) is 0 Å². The summed E-state index contributed by atoms with van der Waals surface area (Å²) in [6.07, 6.45) is 1.11. The third-order valence-electron chi connectivity index (χ3n) is 3.52. The first-order valence-corrected chi connectivity index (χ1v) is 7.54. The minimum atomic E-state index is -0.184. The van der Waals surface area contributed by atoms with Crippen LogP contribution >= 0.6 is 0 Å². The third kappa shape index (κ3) is 6.49. The molecule has 0 bridgehead atoms. The Kier molecular flexibility index (Phi) is 7.61. The number of carbonyl (C=O) groups excluding carboxylic acids is 1. The zero-order valence-electron chi connectivity index (χ0n) is 13.5. The highest BCUT2D eigenvalue weighted by atomic mass is 16.5. The van der Waals surface area contributed by atoms with Gasteiger partial charge < -0.3 is 20.3 Å². The third-order valence-corrected chi connectivity index (χ3v) is 3.52. The summed E-state index contributed by atoms with van der Waals surface area (Å²) < 4.78 is 5.36. The van der Waals surface area contributed by atoms with Crippen LogP contribution in [0.5, 0.6) is 5.75 Å². The molecule has 2 N–H and O–H groups in total. The molecule has 0 aliphatic rings. The van der Waals surface area contributed by atoms with Crippen molar-refractivity contribution in [2.75, 3.05) is 32.1 Å². The number of anilines is 1. The van der Waals surface area contributed by atoms with Crippen molar-refractivity contribution in [1.29, 1.82) is 0 Å². The Morgan fingerprint density at radius 1 is 1.29 bits per heavy atom. The molecule has 0 fully saturated rings. The minimum absolute atomic E-state index is 0.184. The van der Waals surface area contributed by atoms with E-state index in [1.807, 2.05) is 31.2 Å². The summed E-state index contributed by atoms with van der Waals surface area (Å²) in [6.45, 7) is 8.38. The molecular formula is C16H27N3O2. The molecule has 21 heavy (non-hydrogen) atoms. The van der Waals surface area contributed by atoms with Gasteiger partial charge in [0.05, 0.1) is 6.61 Å². The fraction of sp³-hybridized carbons (Fsp3) is 0.562. The highest BCUT2D eigenvalue weighted by Gasteiger charge is 2.07. The lowest BCUT2D eigenvalue weighted by molar-refractivity contribution is 0.238. The predicted molar refractivity (Wildman–Crippen MR) is 87.0 cm³/mol. The lowest BCUT2D eigenvalue weighted by atomic mass is 10.2. The molecule has 5 nitrogen and oxygen atoms in total. The van der Waals surface area contributed by atoms with E-state index >= 15 is 0 Å². The van der Waals surface area contributed by atoms with Crippen molar-refractivity contribution in [3.63, 3.8) is 0 Å². The average molecular weight is 293 g/mol. The lowest BCUT2D eigenvalue weighted by Crippen LogP contribution is -2.38. The Bertz CT molecular complexity index is 420. The molecule has 0 aliphatic heterocycles. The molecule has 1 aromatic carbocycles. The number of carbonyl (C=O) groups is 1. The van der Waals surface area contributed by atoms with Crippen molar-refractivity contribution >= 4 is 11.7 Å². The summed E-state index contributed by atoms with van der Waals surface area (Å²) in [5, 5.41) is 5.66. The topological polar surface area (TPSA) is 53.6 Å². The highest BCUT2D eigenvalue weighted by molar-refractivity contribution is 5.89. The van der Waals surface area contributed by atoms with Gasteiger partial charge in [0, 0.05) is 24.8 Å². The van der Waals surface area contributed by atoms with Crippen LogP contribution < -0.4 is 15.4 Å². The summed E-state index contributed by atoms with van der Waals surface area (Å²) in [4.78, 5) is 14.0. The molecule has 0 radical (unpaired) electrons. The Morgan fingerprint density at radius 3 is 2.52 bits per heavy atom. The van der Waals surface area contributed by atoms with Gasteiger partial charge >= 0.3 is 6.03 Å². The Balaban J connectivity index is 2.30. The summed E-state index contributed by atoms with van der Waals surface area (Å²) >= 11 is 0. The van der Waals surface area contributed by atoms with Crippen LogP contribution in [0.3, 0.4) is 0 Å². The number of hydrogen-bond donors (Lipinski definition) is 2. The maximum atomic E-state index is 11.8. The van der Waals surface area contributed by atoms with E-state index in [9.17, 15) is 4.79 Å². The minimum Gasteiger partial charge on any atom is -0.494 e. The van der Waals surface area contributed by atoms with Crippen LogP contribution in [0.4, 0.5) is 10.5 Å². The van der Waals surface area contributed by atoms with E-state index in [2.05, 4.69) is 36.4 Å². The molecular weight excluding hydrogens is 266 g/mol. The number of nitrogens with zero attached hydrogens (tertiary/aromatic N) is 1. The van der Waals surface area contributed by atoms with E-state index in [-0.39, 0.29) is 6.03 Å². The summed E-state index contributed by atoms with van der Waals surface area (Å²) in [5.41, 5.74) is 0.756. The van der Waals surface area contributed by atoms with Crippen molar-refractivity contribution in [1.82, 2.24) is 10.2 Å². The van der Waals surface area contributed by atoms with Crippen LogP contribution in [0.15, 0.2) is 24.3 Å². The van der Waals surface area contributed by atoms with Gasteiger partial charge in [0.15, 0.2) is 0 Å². The maximum absolute atomic E-state index is 11.8. The Hall–Kier alpha value is -1.75. The van der Waals surface area contributed by atoms with E-state index < -0.39 is 0 Å². The molecule has 0 aliphatic carbocycles. The van der Waals surface area contributed by atoms with E-state index in [0.29, 0.717) is 19.2 Å². The van der Waals surface area contributed by atoms with Crippen LogP contribution in [0.2, 0.25) is 0 Å². The molecule has 1 unspecified atom stereocenters. The molecule has 1 rings (SSSR count). The van der Waals surface area contributed by atoms with E-state index in [1.165, 1.54) is 0 Å². The van der Waals surface area contributed by atoms with Gasteiger partial charge in [-0.25, -0.2) is 4.79 Å². The van der Waals surface area contributed by atoms with Crippen molar-refractivity contribution in [3.05, 3.63) is 24.3 Å². The lowest BCUT2D eigenvalue weighted by Gasteiger charge is -2.23. The van der Waals surface area contributed by atoms with Crippen LogP contribution in [0.1, 0.15) is 27.2 Å². The fourth-order valence-electron chi connectivity index (χ4n) is 1.85. The SMILES string of the molecule is CCOc1ccc(NC(=O)NCCN(C)C(C)CC)cc1. The number of amides is 2. The van der Waals surface area contributed by atoms with Crippen molar-refractivity contribution in [2.45, 2.75) is 33.2 Å². The molecule has 0 saturated heterocycles. The van der Waals surface area contributed by atoms with Gasteiger partial charge in [0.25, 0.3) is 0 Å². The van der Waals surface area contributed by atoms with Crippen molar-refractivity contribution in [2.24, 2.45) is 0 Å². The second-order valence-electron chi connectivity index (χ2n) is 5.08. The second-order valence-corrected chi connectivity index (χ2v) is 5.08. The maximum Gasteiger partial charge on any atom is 0.319 e. The largest absolute Gasteiger partial charge is 0.494 e. The van der Waals surface area contributed by atoms with Gasteiger partial charge in [-0.15, -0.1) is 0 Å². The monoisotopic (exact) mass is 293 g/mol. The molecule has 2 amide bonds. The average Bonchev–Trinajstić information content (AvgIpc) is 2.48. The number of likely N-dealkylation sites (N-methyl/N-ethyl adjacent to an activating group) is 1. The van der Waals surface area contributed by atoms with E-state index in [4.69, 9.17) is 4.74 Å². The predicted octanol–water partition coefficient (Wildman–Crippen LogP) is 2.94. The first-order chi connectivity index (χ1) is 10.1. The van der Waals surface area contributed by atoms with Gasteiger partial charge in [-0.1, -0.05) is 6.92 Å². The summed E-state index contributed by atoms with van der Waals surface area (Å²) in [5.74, 6) is 0.804. The summed E-state index contributed by atoms with van der Waals surface area (Å²) in [6, 6.07) is 7.69. The number of urea groups is 1. The molecule has 5 heteroatoms. The van der Waals surface area contributed by atoms with Crippen molar-refractivity contribution in [3.8, 4) is 5.75 Å². The van der Waals surface area contributed by atoms with Gasteiger partial charge in [-0.3, -0.25) is 0 Å². The zero-order valence-corrected chi connectivity index (χ0v) is 13.5. The number of benzene rings is 1. The zero-order chi connectivity index (χ0) is 15.7. The Labute approximate surface area is 127 Å². The van der Waals surface area contributed by atoms with Gasteiger partial charge in [0.1, 0.15) is 5.75 Å². The molecule has 1 aromatic rings. The van der Waals surface area contributed by atoms with Crippen LogP contribution in [0, 0.1) is 0 Å². The summed E-state index contributed by atoms with van der Waals surface area (Å²) in [7, 11) is 2.07. The smallest absolute Gasteiger partial charge is 0.319 e. The molecule has 0 saturated carbocycles. The number of hydrogen-bond acceptors (Lipinski definition) is 3. The van der Waals surface area contributed by atoms with Gasteiger partial charge in [-0.2, -0.15) is 0 Å². The van der Waals surface area contributed by atoms with Gasteiger partial charge in [0.2, 0.25) is 0 Å². The molecule has 1 atom stereocenters. The standard InChI is InChI=1S/C16H27N3O2/c1-5-13(3)19(4)12-11-17-16(20)18-14-7-9-15(10-8-14)21-6-2/h7-10,13H,5-6,11-12H2,1-4H3,(H2,17,18,20). The molecule has 0 spiro atoms. The molecule has 0 heterocycles.